The van der Waals surface area contributed by atoms with E-state index in [-0.39, 0.29) is 12.1 Å². The van der Waals surface area contributed by atoms with Gasteiger partial charge in [0.25, 0.3) is 0 Å². The van der Waals surface area contributed by atoms with Gasteiger partial charge >= 0.3 is 12.0 Å². The van der Waals surface area contributed by atoms with Crippen molar-refractivity contribution in [2.45, 2.75) is 32.3 Å². The summed E-state index contributed by atoms with van der Waals surface area (Å²) in [6.45, 7) is 4.34. The number of carboxylic acids is 1. The number of likely N-dealkylation sites (tertiary alicyclic amines) is 1. The minimum Gasteiger partial charge on any atom is -0.481 e. The van der Waals surface area contributed by atoms with Crippen LogP contribution in [0.25, 0.3) is 0 Å². The summed E-state index contributed by atoms with van der Waals surface area (Å²) in [7, 11) is 0. The number of hydrogen-bond donors (Lipinski definition) is 2. The highest BCUT2D eigenvalue weighted by Gasteiger charge is 2.29. The summed E-state index contributed by atoms with van der Waals surface area (Å²) in [5, 5.41) is 11.9. The predicted octanol–water partition coefficient (Wildman–Crippen LogP) is 0.918. The average molecular weight is 270 g/mol. The lowest BCUT2D eigenvalue weighted by molar-refractivity contribution is -0.143. The Morgan fingerprint density at radius 3 is 2.84 bits per heavy atom. The fourth-order valence-corrected chi connectivity index (χ4v) is 2.74. The van der Waals surface area contributed by atoms with Crippen LogP contribution in [0, 0.1) is 11.8 Å². The Balaban J connectivity index is 1.77. The van der Waals surface area contributed by atoms with Crippen molar-refractivity contribution >= 4 is 12.0 Å². The molecule has 19 heavy (non-hydrogen) atoms. The molecule has 0 saturated carbocycles. The maximum absolute atomic E-state index is 12.0. The lowest BCUT2D eigenvalue weighted by atomic mass is 9.98. The number of aliphatic carboxylic acids is 1. The molecule has 0 aliphatic carbocycles. The zero-order chi connectivity index (χ0) is 13.8. The molecular formula is C13H22N2O4. The number of urea groups is 1. The lowest BCUT2D eigenvalue weighted by Gasteiger charge is -2.31. The Morgan fingerprint density at radius 1 is 1.42 bits per heavy atom. The SMILES string of the molecule is CC1OCCC1CNC(=O)N1CCC[C@H](C(=O)O)C1. The number of carboxylic acid groups (broad SMARTS) is 1. The van der Waals surface area contributed by atoms with Gasteiger partial charge < -0.3 is 20.1 Å². The maximum atomic E-state index is 12.0. The fourth-order valence-electron chi connectivity index (χ4n) is 2.74. The van der Waals surface area contributed by atoms with Crippen molar-refractivity contribution in [2.75, 3.05) is 26.2 Å². The van der Waals surface area contributed by atoms with Crippen molar-refractivity contribution in [1.82, 2.24) is 10.2 Å². The second-order valence-electron chi connectivity index (χ2n) is 5.43. The van der Waals surface area contributed by atoms with Crippen LogP contribution in [0.2, 0.25) is 0 Å². The topological polar surface area (TPSA) is 78.9 Å². The quantitative estimate of drug-likeness (QED) is 0.799. The van der Waals surface area contributed by atoms with Crippen LogP contribution in [-0.4, -0.2) is 54.4 Å². The van der Waals surface area contributed by atoms with Crippen LogP contribution in [0.15, 0.2) is 0 Å². The van der Waals surface area contributed by atoms with Crippen molar-refractivity contribution in [2.24, 2.45) is 11.8 Å². The summed E-state index contributed by atoms with van der Waals surface area (Å²) < 4.78 is 5.45. The number of piperidine rings is 1. The van der Waals surface area contributed by atoms with Gasteiger partial charge in [0.05, 0.1) is 12.0 Å². The number of amides is 2. The molecular weight excluding hydrogens is 248 g/mol. The molecule has 6 heteroatoms. The smallest absolute Gasteiger partial charge is 0.317 e. The molecule has 2 fully saturated rings. The molecule has 2 rings (SSSR count). The number of carbonyl (C=O) groups excluding carboxylic acids is 1. The Morgan fingerprint density at radius 2 is 2.21 bits per heavy atom. The normalized spacial score (nSPS) is 31.2. The number of carbonyl (C=O) groups is 2. The van der Waals surface area contributed by atoms with Gasteiger partial charge in [-0.05, 0) is 26.2 Å². The van der Waals surface area contributed by atoms with Gasteiger partial charge in [-0.1, -0.05) is 0 Å². The summed E-state index contributed by atoms with van der Waals surface area (Å²) in [6, 6.07) is -0.148. The van der Waals surface area contributed by atoms with Gasteiger partial charge in [-0.25, -0.2) is 4.79 Å². The van der Waals surface area contributed by atoms with E-state index in [4.69, 9.17) is 9.84 Å². The Hall–Kier alpha value is -1.30. The highest BCUT2D eigenvalue weighted by Crippen LogP contribution is 2.20. The highest BCUT2D eigenvalue weighted by molar-refractivity contribution is 5.76. The van der Waals surface area contributed by atoms with Gasteiger partial charge in [-0.3, -0.25) is 4.79 Å². The van der Waals surface area contributed by atoms with E-state index in [0.29, 0.717) is 32.0 Å². The molecule has 0 radical (unpaired) electrons. The highest BCUT2D eigenvalue weighted by atomic mass is 16.5. The number of nitrogens with one attached hydrogen (secondary N) is 1. The third-order valence-corrected chi connectivity index (χ3v) is 4.11. The van der Waals surface area contributed by atoms with Gasteiger partial charge in [-0.15, -0.1) is 0 Å². The number of hydrogen-bond acceptors (Lipinski definition) is 3. The molecule has 0 aromatic heterocycles. The van der Waals surface area contributed by atoms with Crippen LogP contribution in [0.3, 0.4) is 0 Å². The van der Waals surface area contributed by atoms with Gasteiger partial charge in [0.15, 0.2) is 0 Å². The molecule has 2 aliphatic rings. The molecule has 2 N–H and O–H groups in total. The van der Waals surface area contributed by atoms with Gasteiger partial charge in [-0.2, -0.15) is 0 Å². The fraction of sp³-hybridized carbons (Fsp3) is 0.846. The molecule has 0 aromatic carbocycles. The molecule has 3 atom stereocenters. The van der Waals surface area contributed by atoms with Crippen molar-refractivity contribution < 1.29 is 19.4 Å². The second kappa shape index (κ2) is 6.23. The van der Waals surface area contributed by atoms with Crippen LogP contribution in [0.4, 0.5) is 4.79 Å². The molecule has 108 valence electrons. The molecule has 2 heterocycles. The van der Waals surface area contributed by atoms with Crippen molar-refractivity contribution in [1.29, 1.82) is 0 Å². The van der Waals surface area contributed by atoms with E-state index in [0.717, 1.165) is 19.4 Å². The maximum Gasteiger partial charge on any atom is 0.317 e. The largest absolute Gasteiger partial charge is 0.481 e. The summed E-state index contributed by atoms with van der Waals surface area (Å²) in [6.07, 6.45) is 2.58. The minimum atomic E-state index is -0.810. The summed E-state index contributed by atoms with van der Waals surface area (Å²) in [5.41, 5.74) is 0. The standard InChI is InChI=1S/C13H22N2O4/c1-9-10(4-6-19-9)7-14-13(18)15-5-2-3-11(8-15)12(16)17/h9-11H,2-8H2,1H3,(H,14,18)(H,16,17)/t9?,10?,11-/m0/s1. The molecule has 0 spiro atoms. The zero-order valence-electron chi connectivity index (χ0n) is 11.3. The molecule has 2 amide bonds. The molecule has 2 saturated heterocycles. The third-order valence-electron chi connectivity index (χ3n) is 4.11. The first-order chi connectivity index (χ1) is 9.08. The first-order valence-electron chi connectivity index (χ1n) is 6.95. The number of nitrogens with zero attached hydrogens (tertiary/aromatic N) is 1. The van der Waals surface area contributed by atoms with Crippen LogP contribution < -0.4 is 5.32 Å². The van der Waals surface area contributed by atoms with E-state index in [1.54, 1.807) is 4.90 Å². The Kier molecular flexibility index (Phi) is 4.63. The van der Waals surface area contributed by atoms with Gasteiger partial charge in [0, 0.05) is 32.2 Å². The Bertz CT molecular complexity index is 348. The van der Waals surface area contributed by atoms with E-state index in [2.05, 4.69) is 5.32 Å². The summed E-state index contributed by atoms with van der Waals surface area (Å²) in [4.78, 5) is 24.6. The second-order valence-corrected chi connectivity index (χ2v) is 5.43. The first-order valence-corrected chi connectivity index (χ1v) is 6.95. The van der Waals surface area contributed by atoms with E-state index in [9.17, 15) is 9.59 Å². The molecule has 2 unspecified atom stereocenters. The van der Waals surface area contributed by atoms with Crippen LogP contribution in [0.1, 0.15) is 26.2 Å². The first kappa shape index (κ1) is 14.1. The van der Waals surface area contributed by atoms with Gasteiger partial charge in [0.2, 0.25) is 0 Å². The molecule has 0 bridgehead atoms. The minimum absolute atomic E-state index is 0.148. The van der Waals surface area contributed by atoms with Crippen molar-refractivity contribution in [3.8, 4) is 0 Å². The van der Waals surface area contributed by atoms with Crippen LogP contribution in [-0.2, 0) is 9.53 Å². The number of ether oxygens (including phenoxy) is 1. The summed E-state index contributed by atoms with van der Waals surface area (Å²) in [5.74, 6) is -0.868. The van der Waals surface area contributed by atoms with E-state index in [1.165, 1.54) is 0 Å². The number of rotatable bonds is 3. The van der Waals surface area contributed by atoms with Crippen LogP contribution in [0.5, 0.6) is 0 Å². The predicted molar refractivity (Wildman–Crippen MR) is 68.9 cm³/mol. The zero-order valence-corrected chi connectivity index (χ0v) is 11.3. The van der Waals surface area contributed by atoms with E-state index in [1.807, 2.05) is 6.92 Å². The third kappa shape index (κ3) is 3.59. The average Bonchev–Trinajstić information content (AvgIpc) is 2.81. The van der Waals surface area contributed by atoms with E-state index < -0.39 is 11.9 Å². The van der Waals surface area contributed by atoms with Crippen molar-refractivity contribution in [3.63, 3.8) is 0 Å². The summed E-state index contributed by atoms with van der Waals surface area (Å²) >= 11 is 0. The molecule has 0 aromatic rings. The molecule has 2 aliphatic heterocycles. The Labute approximate surface area is 113 Å². The van der Waals surface area contributed by atoms with E-state index >= 15 is 0 Å². The molecule has 6 nitrogen and oxygen atoms in total. The van der Waals surface area contributed by atoms with Crippen LogP contribution >= 0.6 is 0 Å². The van der Waals surface area contributed by atoms with Gasteiger partial charge in [0.1, 0.15) is 0 Å². The monoisotopic (exact) mass is 270 g/mol. The lowest BCUT2D eigenvalue weighted by Crippen LogP contribution is -2.48. The van der Waals surface area contributed by atoms with Crippen molar-refractivity contribution in [3.05, 3.63) is 0 Å².